The van der Waals surface area contributed by atoms with Crippen LogP contribution in [0.5, 0.6) is 0 Å². The Kier molecular flexibility index (Phi) is 3.50. The van der Waals surface area contributed by atoms with Crippen molar-refractivity contribution in [2.75, 3.05) is 0 Å². The number of aryl methyl sites for hydroxylation is 1. The zero-order valence-electron chi connectivity index (χ0n) is 9.92. The highest BCUT2D eigenvalue weighted by atomic mass is 19.3. The molecule has 0 radical (unpaired) electrons. The predicted octanol–water partition coefficient (Wildman–Crippen LogP) is 1.67. The molecular formula is C11H10F2N4O2. The Morgan fingerprint density at radius 1 is 1.47 bits per heavy atom. The smallest absolute Gasteiger partial charge is 0.358 e. The molecule has 19 heavy (non-hydrogen) atoms. The lowest BCUT2D eigenvalue weighted by Crippen LogP contribution is -2.10. The molecule has 0 saturated heterocycles. The Hall–Kier alpha value is -2.38. The van der Waals surface area contributed by atoms with Gasteiger partial charge in [0.25, 0.3) is 6.43 Å². The number of hydrogen-bond donors (Lipinski definition) is 1. The maximum absolute atomic E-state index is 12.9. The van der Waals surface area contributed by atoms with Crippen LogP contribution in [-0.4, -0.2) is 31.1 Å². The van der Waals surface area contributed by atoms with E-state index < -0.39 is 23.8 Å². The molecule has 2 aromatic heterocycles. The van der Waals surface area contributed by atoms with Gasteiger partial charge in [-0.25, -0.2) is 18.3 Å². The first-order valence-corrected chi connectivity index (χ1v) is 5.34. The minimum Gasteiger partial charge on any atom is -0.476 e. The molecule has 0 aromatic carbocycles. The summed E-state index contributed by atoms with van der Waals surface area (Å²) in [4.78, 5) is 14.7. The largest absolute Gasteiger partial charge is 0.476 e. The van der Waals surface area contributed by atoms with Crippen molar-refractivity contribution in [3.8, 4) is 0 Å². The molecule has 2 rings (SSSR count). The molecule has 0 unspecified atom stereocenters. The third-order valence-electron chi connectivity index (χ3n) is 2.45. The van der Waals surface area contributed by atoms with E-state index in [9.17, 15) is 13.6 Å². The Bertz CT molecular complexity index is 612. The summed E-state index contributed by atoms with van der Waals surface area (Å²) in [7, 11) is 0. The highest BCUT2D eigenvalue weighted by Crippen LogP contribution is 2.22. The van der Waals surface area contributed by atoms with E-state index in [-0.39, 0.29) is 6.54 Å². The molecule has 1 N–H and O–H groups in total. The number of pyridine rings is 1. The normalized spacial score (nSPS) is 10.9. The van der Waals surface area contributed by atoms with E-state index in [1.54, 1.807) is 12.3 Å². The fourth-order valence-electron chi connectivity index (χ4n) is 1.68. The number of halogens is 2. The quantitative estimate of drug-likeness (QED) is 0.912. The van der Waals surface area contributed by atoms with Gasteiger partial charge >= 0.3 is 5.97 Å². The Balaban J connectivity index is 2.38. The lowest BCUT2D eigenvalue weighted by Gasteiger charge is -2.06. The Morgan fingerprint density at radius 3 is 2.79 bits per heavy atom. The third kappa shape index (κ3) is 2.72. The Morgan fingerprint density at radius 2 is 2.21 bits per heavy atom. The standard InChI is InChI=1S/C11H10F2N4O2/c1-6-2-7(4-14-3-6)5-17-9(10(12)13)8(11(18)19)15-16-17/h2-4,10H,5H2,1H3,(H,18,19). The highest BCUT2D eigenvalue weighted by Gasteiger charge is 2.26. The first-order valence-electron chi connectivity index (χ1n) is 5.34. The number of carbonyl (C=O) groups is 1. The van der Waals surface area contributed by atoms with Gasteiger partial charge in [0.1, 0.15) is 5.69 Å². The van der Waals surface area contributed by atoms with Gasteiger partial charge in [-0.3, -0.25) is 4.98 Å². The van der Waals surface area contributed by atoms with Crippen molar-refractivity contribution in [1.29, 1.82) is 0 Å². The van der Waals surface area contributed by atoms with Gasteiger partial charge in [-0.15, -0.1) is 5.10 Å². The van der Waals surface area contributed by atoms with E-state index in [2.05, 4.69) is 15.3 Å². The molecule has 0 atom stereocenters. The molecule has 0 aliphatic rings. The van der Waals surface area contributed by atoms with E-state index in [4.69, 9.17) is 5.11 Å². The summed E-state index contributed by atoms with van der Waals surface area (Å²) < 4.78 is 26.6. The third-order valence-corrected chi connectivity index (χ3v) is 2.45. The molecule has 0 spiro atoms. The molecule has 2 aromatic rings. The van der Waals surface area contributed by atoms with Crippen LogP contribution in [0.25, 0.3) is 0 Å². The van der Waals surface area contributed by atoms with Crippen molar-refractivity contribution in [3.05, 3.63) is 41.0 Å². The number of carboxylic acid groups (broad SMARTS) is 1. The Labute approximate surface area is 106 Å². The number of alkyl halides is 2. The van der Waals surface area contributed by atoms with Crippen LogP contribution in [-0.2, 0) is 6.54 Å². The fourth-order valence-corrected chi connectivity index (χ4v) is 1.68. The zero-order chi connectivity index (χ0) is 14.0. The molecule has 0 amide bonds. The number of carboxylic acids is 1. The number of nitrogens with zero attached hydrogens (tertiary/aromatic N) is 4. The number of hydrogen-bond acceptors (Lipinski definition) is 4. The molecule has 8 heteroatoms. The van der Waals surface area contributed by atoms with Crippen molar-refractivity contribution in [2.24, 2.45) is 0 Å². The summed E-state index contributed by atoms with van der Waals surface area (Å²) in [6, 6.07) is 1.75. The summed E-state index contributed by atoms with van der Waals surface area (Å²) >= 11 is 0. The average molecular weight is 268 g/mol. The first-order chi connectivity index (χ1) is 8.99. The maximum atomic E-state index is 12.9. The summed E-state index contributed by atoms with van der Waals surface area (Å²) in [5.41, 5.74) is 0.0861. The fraction of sp³-hybridized carbons (Fsp3) is 0.273. The molecule has 6 nitrogen and oxygen atoms in total. The summed E-state index contributed by atoms with van der Waals surface area (Å²) in [5, 5.41) is 15.5. The van der Waals surface area contributed by atoms with Gasteiger partial charge < -0.3 is 5.11 Å². The van der Waals surface area contributed by atoms with E-state index in [1.165, 1.54) is 6.20 Å². The minimum absolute atomic E-state index is 0.00532. The number of rotatable bonds is 4. The van der Waals surface area contributed by atoms with E-state index in [0.717, 1.165) is 10.2 Å². The summed E-state index contributed by atoms with van der Waals surface area (Å²) in [5.74, 6) is -1.52. The molecule has 0 aliphatic heterocycles. The van der Waals surface area contributed by atoms with Crippen molar-refractivity contribution in [2.45, 2.75) is 19.9 Å². The SMILES string of the molecule is Cc1cncc(Cn2nnc(C(=O)O)c2C(F)F)c1. The minimum atomic E-state index is -2.96. The molecule has 100 valence electrons. The lowest BCUT2D eigenvalue weighted by molar-refractivity contribution is 0.0675. The molecule has 0 aliphatic carbocycles. The monoisotopic (exact) mass is 268 g/mol. The first kappa shape index (κ1) is 13.1. The lowest BCUT2D eigenvalue weighted by atomic mass is 10.2. The van der Waals surface area contributed by atoms with Gasteiger partial charge in [-0.2, -0.15) is 0 Å². The predicted molar refractivity (Wildman–Crippen MR) is 60.0 cm³/mol. The van der Waals surface area contributed by atoms with Crippen molar-refractivity contribution < 1.29 is 18.7 Å². The molecule has 0 saturated carbocycles. The topological polar surface area (TPSA) is 80.9 Å². The van der Waals surface area contributed by atoms with Crippen LogP contribution in [0.15, 0.2) is 18.5 Å². The van der Waals surface area contributed by atoms with Crippen LogP contribution in [0.4, 0.5) is 8.78 Å². The summed E-state index contributed by atoms with van der Waals surface area (Å²) in [6.07, 6.45) is 0.171. The molecule has 0 fully saturated rings. The van der Waals surface area contributed by atoms with E-state index in [1.807, 2.05) is 6.92 Å². The van der Waals surface area contributed by atoms with Crippen molar-refractivity contribution >= 4 is 5.97 Å². The maximum Gasteiger partial charge on any atom is 0.358 e. The van der Waals surface area contributed by atoms with E-state index >= 15 is 0 Å². The van der Waals surface area contributed by atoms with Crippen LogP contribution in [0.1, 0.15) is 33.7 Å². The second kappa shape index (κ2) is 5.09. The highest BCUT2D eigenvalue weighted by molar-refractivity contribution is 5.86. The van der Waals surface area contributed by atoms with Gasteiger partial charge in [0.15, 0.2) is 5.69 Å². The van der Waals surface area contributed by atoms with Gasteiger partial charge in [0.2, 0.25) is 0 Å². The summed E-state index contributed by atoms with van der Waals surface area (Å²) in [6.45, 7) is 1.81. The molecular weight excluding hydrogens is 258 g/mol. The van der Waals surface area contributed by atoms with Gasteiger partial charge in [0.05, 0.1) is 6.54 Å². The van der Waals surface area contributed by atoms with Crippen molar-refractivity contribution in [1.82, 2.24) is 20.0 Å². The van der Waals surface area contributed by atoms with Gasteiger partial charge in [-0.1, -0.05) is 11.3 Å². The van der Waals surface area contributed by atoms with Crippen molar-refractivity contribution in [3.63, 3.8) is 0 Å². The molecule has 2 heterocycles. The van der Waals surface area contributed by atoms with Crippen LogP contribution < -0.4 is 0 Å². The van der Waals surface area contributed by atoms with Crippen LogP contribution in [0, 0.1) is 6.92 Å². The van der Waals surface area contributed by atoms with Gasteiger partial charge in [0, 0.05) is 12.4 Å². The number of aromatic nitrogens is 4. The average Bonchev–Trinajstić information content (AvgIpc) is 2.73. The van der Waals surface area contributed by atoms with Gasteiger partial charge in [-0.05, 0) is 18.1 Å². The zero-order valence-corrected chi connectivity index (χ0v) is 9.92. The number of aromatic carboxylic acids is 1. The van der Waals surface area contributed by atoms with E-state index in [0.29, 0.717) is 5.56 Å². The van der Waals surface area contributed by atoms with Crippen LogP contribution in [0.3, 0.4) is 0 Å². The second-order valence-electron chi connectivity index (χ2n) is 3.96. The van der Waals surface area contributed by atoms with Crippen LogP contribution in [0.2, 0.25) is 0 Å². The molecule has 0 bridgehead atoms. The van der Waals surface area contributed by atoms with Crippen LogP contribution >= 0.6 is 0 Å². The second-order valence-corrected chi connectivity index (χ2v) is 3.96.